The van der Waals surface area contributed by atoms with Gasteiger partial charge >= 0.3 is 5.97 Å². The Labute approximate surface area is 203 Å². The van der Waals surface area contributed by atoms with Crippen molar-refractivity contribution in [2.45, 2.75) is 39.2 Å². The predicted octanol–water partition coefficient (Wildman–Crippen LogP) is 5.40. The molecule has 1 aromatic heterocycles. The largest absolute Gasteiger partial charge is 0.481 e. The minimum Gasteiger partial charge on any atom is -0.481 e. The number of pyridine rings is 1. The Morgan fingerprint density at radius 1 is 1.09 bits per heavy atom. The Morgan fingerprint density at radius 2 is 1.71 bits per heavy atom. The monoisotopic (exact) mass is 495 g/mol. The van der Waals surface area contributed by atoms with Gasteiger partial charge < -0.3 is 15.1 Å². The second kappa shape index (κ2) is 11.0. The van der Waals surface area contributed by atoms with Crippen molar-refractivity contribution in [2.75, 3.05) is 6.16 Å². The zero-order valence-electron chi connectivity index (χ0n) is 19.7. The van der Waals surface area contributed by atoms with E-state index >= 15 is 0 Å². The summed E-state index contributed by atoms with van der Waals surface area (Å²) in [6.45, 7) is 5.74. The lowest BCUT2D eigenvalue weighted by atomic mass is 9.89. The molecule has 0 aliphatic carbocycles. The van der Waals surface area contributed by atoms with Crippen LogP contribution in [0.3, 0.4) is 0 Å². The fraction of sp³-hybridized carbons (Fsp3) is 0.259. The summed E-state index contributed by atoms with van der Waals surface area (Å²) in [7, 11) is -4.19. The van der Waals surface area contributed by atoms with Crippen LogP contribution in [0.4, 0.5) is 4.39 Å². The number of carboxylic acids is 1. The Balaban J connectivity index is 2.25. The molecule has 0 saturated heterocycles. The summed E-state index contributed by atoms with van der Waals surface area (Å²) in [6.07, 6.45) is -2.82. The molecule has 35 heavy (non-hydrogen) atoms. The maximum atomic E-state index is 13.7. The van der Waals surface area contributed by atoms with Gasteiger partial charge in [0.2, 0.25) is 0 Å². The lowest BCUT2D eigenvalue weighted by Crippen LogP contribution is -2.17. The lowest BCUT2D eigenvalue weighted by molar-refractivity contribution is -0.138. The minimum absolute atomic E-state index is 0.0998. The zero-order chi connectivity index (χ0) is 25.8. The maximum Gasteiger partial charge on any atom is 0.305 e. The van der Waals surface area contributed by atoms with Gasteiger partial charge in [0.05, 0.1) is 35.6 Å². The Kier molecular flexibility index (Phi) is 8.24. The number of aliphatic carboxylic acids is 1. The summed E-state index contributed by atoms with van der Waals surface area (Å²) >= 11 is 0. The molecule has 2 aromatic carbocycles. The van der Waals surface area contributed by atoms with Gasteiger partial charge in [-0.3, -0.25) is 14.3 Å². The molecule has 0 amide bonds. The number of hydrogen-bond donors (Lipinski definition) is 3. The van der Waals surface area contributed by atoms with Crippen molar-refractivity contribution in [3.8, 4) is 34.0 Å². The number of hydrogen-bond acceptors (Lipinski definition) is 4. The molecule has 0 aliphatic rings. The third-order valence-electron chi connectivity index (χ3n) is 5.42. The van der Waals surface area contributed by atoms with Crippen LogP contribution < -0.4 is 0 Å². The maximum absolute atomic E-state index is 13.7. The van der Waals surface area contributed by atoms with Crippen LogP contribution >= 0.6 is 7.37 Å². The Hall–Kier alpha value is -3.30. The number of aromatic nitrogens is 1. The summed E-state index contributed by atoms with van der Waals surface area (Å²) in [5.41, 5.74) is 7.15. The molecule has 0 spiro atoms. The van der Waals surface area contributed by atoms with Gasteiger partial charge in [0.15, 0.2) is 0 Å². The molecule has 6 nitrogen and oxygen atoms in total. The highest BCUT2D eigenvalue weighted by Gasteiger charge is 2.24. The molecule has 0 bridgehead atoms. The molecule has 0 saturated carbocycles. The highest BCUT2D eigenvalue weighted by molar-refractivity contribution is 7.63. The molecule has 0 aliphatic heterocycles. The van der Waals surface area contributed by atoms with Crippen LogP contribution in [-0.2, 0) is 9.36 Å². The number of carbonyl (C=O) groups is 1. The van der Waals surface area contributed by atoms with E-state index in [1.54, 1.807) is 12.1 Å². The molecule has 0 radical (unpaired) electrons. The molecule has 1 heterocycles. The van der Waals surface area contributed by atoms with E-state index in [1.807, 2.05) is 51.1 Å². The fourth-order valence-corrected chi connectivity index (χ4v) is 4.91. The average Bonchev–Trinajstić information content (AvgIpc) is 2.78. The highest BCUT2D eigenvalue weighted by Crippen LogP contribution is 2.42. The van der Waals surface area contributed by atoms with Gasteiger partial charge in [-0.2, -0.15) is 0 Å². The van der Waals surface area contributed by atoms with Gasteiger partial charge in [0, 0.05) is 11.1 Å². The number of carboxylic acid groups (broad SMARTS) is 1. The molecule has 3 rings (SSSR count). The van der Waals surface area contributed by atoms with Crippen LogP contribution in [0.2, 0.25) is 0 Å². The normalized spacial score (nSPS) is 13.6. The molecule has 0 fully saturated rings. The van der Waals surface area contributed by atoms with Gasteiger partial charge in [-0.05, 0) is 41.8 Å². The topological polar surface area (TPSA) is 108 Å². The summed E-state index contributed by atoms with van der Waals surface area (Å²) in [6, 6.07) is 15.5. The number of aliphatic hydroxyl groups is 1. The molecular formula is C27H27FNO5P. The number of benzene rings is 2. The first-order valence-electron chi connectivity index (χ1n) is 11.1. The van der Waals surface area contributed by atoms with Crippen LogP contribution in [0.1, 0.15) is 43.0 Å². The van der Waals surface area contributed by atoms with Crippen LogP contribution in [0.25, 0.3) is 22.4 Å². The van der Waals surface area contributed by atoms with Gasteiger partial charge in [-0.1, -0.05) is 62.2 Å². The first kappa shape index (κ1) is 26.3. The first-order valence-corrected chi connectivity index (χ1v) is 12.9. The van der Waals surface area contributed by atoms with Crippen LogP contribution in [0.5, 0.6) is 0 Å². The number of halogens is 1. The number of rotatable bonds is 7. The van der Waals surface area contributed by atoms with Gasteiger partial charge in [-0.15, -0.1) is 0 Å². The third-order valence-corrected chi connectivity index (χ3v) is 6.80. The van der Waals surface area contributed by atoms with Crippen molar-refractivity contribution < 1.29 is 28.9 Å². The highest BCUT2D eigenvalue weighted by atomic mass is 31.2. The van der Waals surface area contributed by atoms with Crippen LogP contribution in [0.15, 0.2) is 54.6 Å². The summed E-state index contributed by atoms with van der Waals surface area (Å²) in [4.78, 5) is 26.0. The average molecular weight is 495 g/mol. The van der Waals surface area contributed by atoms with E-state index in [4.69, 9.17) is 10.1 Å². The summed E-state index contributed by atoms with van der Waals surface area (Å²) < 4.78 is 26.4. The zero-order valence-corrected chi connectivity index (χ0v) is 20.6. The molecule has 182 valence electrons. The molecular weight excluding hydrogens is 468 g/mol. The molecule has 3 N–H and O–H groups in total. The summed E-state index contributed by atoms with van der Waals surface area (Å²) in [5, 5.41) is 18.6. The number of nitrogens with zero attached hydrogens (tertiary/aromatic N) is 1. The SMILES string of the molecule is Cc1c(-c2ccccc2)nc(C(C)C)c(C#CP(=O)(O)CC(O)CC(=O)O)c1-c1ccc(F)cc1. The predicted molar refractivity (Wildman–Crippen MR) is 134 cm³/mol. The second-order valence-corrected chi connectivity index (χ2v) is 10.6. The third kappa shape index (κ3) is 6.64. The van der Waals surface area contributed by atoms with E-state index in [2.05, 4.69) is 11.6 Å². The van der Waals surface area contributed by atoms with Crippen LogP contribution in [-0.4, -0.2) is 38.3 Å². The van der Waals surface area contributed by atoms with Crippen LogP contribution in [0, 0.1) is 24.3 Å². The second-order valence-electron chi connectivity index (χ2n) is 8.62. The Bertz CT molecular complexity index is 1330. The van der Waals surface area contributed by atoms with Crippen molar-refractivity contribution in [3.63, 3.8) is 0 Å². The van der Waals surface area contributed by atoms with E-state index in [-0.39, 0.29) is 5.92 Å². The van der Waals surface area contributed by atoms with Crippen molar-refractivity contribution >= 4 is 13.3 Å². The smallest absolute Gasteiger partial charge is 0.305 e. The van der Waals surface area contributed by atoms with Gasteiger partial charge in [0.1, 0.15) is 5.82 Å². The molecule has 3 aromatic rings. The van der Waals surface area contributed by atoms with E-state index < -0.39 is 37.8 Å². The van der Waals surface area contributed by atoms with Gasteiger partial charge in [0.25, 0.3) is 7.37 Å². The van der Waals surface area contributed by atoms with E-state index in [9.17, 15) is 23.7 Å². The number of aliphatic hydroxyl groups excluding tert-OH is 1. The quantitative estimate of drug-likeness (QED) is 0.299. The van der Waals surface area contributed by atoms with E-state index in [1.165, 1.54) is 12.1 Å². The van der Waals surface area contributed by atoms with E-state index in [0.717, 1.165) is 16.8 Å². The minimum atomic E-state index is -4.19. The van der Waals surface area contributed by atoms with Gasteiger partial charge in [-0.25, -0.2) is 4.39 Å². The lowest BCUT2D eigenvalue weighted by Gasteiger charge is -2.19. The Morgan fingerprint density at radius 3 is 2.29 bits per heavy atom. The van der Waals surface area contributed by atoms with Crippen molar-refractivity contribution in [2.24, 2.45) is 0 Å². The molecule has 2 unspecified atom stereocenters. The van der Waals surface area contributed by atoms with Crippen molar-refractivity contribution in [1.82, 2.24) is 4.98 Å². The fourth-order valence-electron chi connectivity index (χ4n) is 3.83. The summed E-state index contributed by atoms with van der Waals surface area (Å²) in [5.74, 6) is 1.05. The standard InChI is InChI=1S/C27H27FNO5P/c1-17(2)26-23(13-14-35(33,34)16-22(30)15-24(31)32)25(19-9-11-21(28)12-10-19)18(3)27(29-26)20-7-5-4-6-8-20/h4-12,17,22,30H,15-16H2,1-3H3,(H,31,32)(H,33,34). The molecule has 2 atom stereocenters. The first-order chi connectivity index (χ1) is 16.5. The van der Waals surface area contributed by atoms with E-state index in [0.29, 0.717) is 22.4 Å². The van der Waals surface area contributed by atoms with Crippen molar-refractivity contribution in [3.05, 3.63) is 77.2 Å². The molecule has 8 heteroatoms. The van der Waals surface area contributed by atoms with Crippen molar-refractivity contribution in [1.29, 1.82) is 0 Å².